The monoisotopic (exact) mass is 317 g/mol. The first-order valence-electron chi connectivity index (χ1n) is 6.91. The minimum atomic E-state index is -0.500. The number of hydrogen-bond acceptors (Lipinski definition) is 5. The number of carbonyl (C=O) groups excluding carboxylic acids is 1. The summed E-state index contributed by atoms with van der Waals surface area (Å²) in [5.41, 5.74) is 3.00. The minimum Gasteiger partial charge on any atom is -0.324 e. The number of amides is 1. The number of anilines is 2. The van der Waals surface area contributed by atoms with Crippen LogP contribution in [0.5, 0.6) is 0 Å². The number of aryl methyl sites for hydroxylation is 1. The quantitative estimate of drug-likeness (QED) is 0.679. The summed E-state index contributed by atoms with van der Waals surface area (Å²) in [4.78, 5) is 26.1. The lowest BCUT2D eigenvalue weighted by Gasteiger charge is -2.29. The van der Waals surface area contributed by atoms with Gasteiger partial charge in [0.25, 0.3) is 0 Å². The predicted octanol–water partition coefficient (Wildman–Crippen LogP) is 3.33. The highest BCUT2D eigenvalue weighted by Crippen LogP contribution is 2.38. The summed E-state index contributed by atoms with van der Waals surface area (Å²) in [6.45, 7) is 6.17. The summed E-state index contributed by atoms with van der Waals surface area (Å²) in [6.07, 6.45) is 3.47. The zero-order valence-electron chi connectivity index (χ0n) is 12.6. The normalized spacial score (nSPS) is 15.5. The maximum atomic E-state index is 11.6. The first-order valence-corrected chi connectivity index (χ1v) is 7.29. The number of halogens is 1. The minimum absolute atomic E-state index is 0.386. The van der Waals surface area contributed by atoms with Gasteiger partial charge in [-0.05, 0) is 44.5 Å². The van der Waals surface area contributed by atoms with Gasteiger partial charge in [-0.1, -0.05) is 0 Å². The summed E-state index contributed by atoms with van der Waals surface area (Å²) in [6, 6.07) is 3.76. The summed E-state index contributed by atoms with van der Waals surface area (Å²) in [5, 5.41) is 2.66. The molecule has 0 unspecified atom stereocenters. The van der Waals surface area contributed by atoms with Crippen molar-refractivity contribution in [2.24, 2.45) is 0 Å². The van der Waals surface area contributed by atoms with Gasteiger partial charge in [0, 0.05) is 29.3 Å². The van der Waals surface area contributed by atoms with Crippen molar-refractivity contribution in [1.29, 1.82) is 0 Å². The number of carbonyl (C=O) groups is 1. The molecule has 0 fully saturated rings. The van der Waals surface area contributed by atoms with Crippen LogP contribution in [0.1, 0.15) is 30.8 Å². The van der Waals surface area contributed by atoms with Crippen LogP contribution in [-0.4, -0.2) is 25.2 Å². The molecule has 114 valence electrons. The summed E-state index contributed by atoms with van der Waals surface area (Å²) < 4.78 is 0. The Morgan fingerprint density at radius 2 is 2.18 bits per heavy atom. The Bertz CT molecular complexity index is 746. The van der Waals surface area contributed by atoms with Gasteiger partial charge < -0.3 is 10.2 Å². The molecular formula is C15H16ClN5O. The number of hydrogen-bond donors (Lipinski definition) is 1. The first kappa shape index (κ1) is 14.7. The van der Waals surface area contributed by atoms with Gasteiger partial charge in [0.05, 0.1) is 17.8 Å². The van der Waals surface area contributed by atoms with E-state index in [1.165, 1.54) is 0 Å². The van der Waals surface area contributed by atoms with Crippen molar-refractivity contribution in [2.75, 3.05) is 5.32 Å². The molecule has 1 aliphatic rings. The Labute approximate surface area is 133 Å². The van der Waals surface area contributed by atoms with E-state index in [-0.39, 0.29) is 0 Å². The molecular weight excluding hydrogens is 302 g/mol. The molecule has 0 spiro atoms. The van der Waals surface area contributed by atoms with Crippen LogP contribution >= 0.6 is 11.6 Å². The van der Waals surface area contributed by atoms with Crippen molar-refractivity contribution >= 4 is 28.6 Å². The van der Waals surface area contributed by atoms with E-state index in [9.17, 15) is 4.79 Å². The number of nitrogens with one attached hydrogen (secondary N) is 1. The fraction of sp³-hybridized carbons (Fsp3) is 0.333. The molecule has 1 amide bonds. The summed E-state index contributed by atoms with van der Waals surface area (Å²) >= 11 is 5.66. The largest absolute Gasteiger partial charge is 0.324 e. The van der Waals surface area contributed by atoms with Gasteiger partial charge in [0.2, 0.25) is 5.95 Å². The lowest BCUT2D eigenvalue weighted by Crippen LogP contribution is -2.37. The van der Waals surface area contributed by atoms with E-state index in [1.54, 1.807) is 17.3 Å². The maximum Gasteiger partial charge on any atom is 0.317 e. The lowest BCUT2D eigenvalue weighted by molar-refractivity contribution is 0.167. The number of fused-ring (bicyclic) bond motifs is 1. The smallest absolute Gasteiger partial charge is 0.317 e. The van der Waals surface area contributed by atoms with Gasteiger partial charge in [-0.25, -0.2) is 9.97 Å². The lowest BCUT2D eigenvalue weighted by atomic mass is 9.98. The van der Waals surface area contributed by atoms with Gasteiger partial charge in [0.15, 0.2) is 0 Å². The van der Waals surface area contributed by atoms with Crippen LogP contribution in [0, 0.1) is 6.92 Å². The third-order valence-electron chi connectivity index (χ3n) is 3.87. The maximum absolute atomic E-state index is 11.6. The number of nitrogens with zero attached hydrogens (tertiary/aromatic N) is 4. The predicted molar refractivity (Wildman–Crippen MR) is 84.1 cm³/mol. The van der Waals surface area contributed by atoms with Crippen molar-refractivity contribution in [3.05, 3.63) is 41.5 Å². The summed E-state index contributed by atoms with van der Waals surface area (Å²) in [5.74, 6) is 0.490. The third kappa shape index (κ3) is 2.50. The van der Waals surface area contributed by atoms with E-state index in [0.717, 1.165) is 22.6 Å². The molecule has 0 radical (unpaired) electrons. The van der Waals surface area contributed by atoms with Gasteiger partial charge in [-0.2, -0.15) is 0 Å². The molecule has 3 rings (SSSR count). The van der Waals surface area contributed by atoms with Crippen LogP contribution in [0.2, 0.25) is 0 Å². The van der Waals surface area contributed by atoms with Gasteiger partial charge in [-0.3, -0.25) is 9.78 Å². The average molecular weight is 318 g/mol. The van der Waals surface area contributed by atoms with Crippen molar-refractivity contribution in [2.45, 2.75) is 32.9 Å². The molecule has 2 aromatic rings. The van der Waals surface area contributed by atoms with Crippen molar-refractivity contribution in [3.63, 3.8) is 0 Å². The molecule has 2 aromatic heterocycles. The van der Waals surface area contributed by atoms with Crippen molar-refractivity contribution < 1.29 is 4.79 Å². The molecule has 22 heavy (non-hydrogen) atoms. The van der Waals surface area contributed by atoms with Crippen LogP contribution in [0.3, 0.4) is 0 Å². The molecule has 7 heteroatoms. The zero-order valence-corrected chi connectivity index (χ0v) is 13.3. The Kier molecular flexibility index (Phi) is 3.48. The van der Waals surface area contributed by atoms with Crippen LogP contribution in [0.25, 0.3) is 0 Å². The van der Waals surface area contributed by atoms with E-state index in [2.05, 4.69) is 20.3 Å². The topological polar surface area (TPSA) is 71.0 Å². The van der Waals surface area contributed by atoms with E-state index in [0.29, 0.717) is 12.5 Å². The molecule has 0 bridgehead atoms. The molecule has 0 saturated heterocycles. The van der Waals surface area contributed by atoms with Crippen LogP contribution in [0.4, 0.5) is 16.4 Å². The van der Waals surface area contributed by atoms with E-state index in [1.807, 2.05) is 32.9 Å². The van der Waals surface area contributed by atoms with Gasteiger partial charge in [0.1, 0.15) is 0 Å². The Hall–Kier alpha value is -2.21. The highest BCUT2D eigenvalue weighted by molar-refractivity contribution is 6.62. The van der Waals surface area contributed by atoms with E-state index in [4.69, 9.17) is 11.6 Å². The van der Waals surface area contributed by atoms with Crippen LogP contribution < -0.4 is 5.32 Å². The van der Waals surface area contributed by atoms with E-state index < -0.39 is 10.9 Å². The van der Waals surface area contributed by atoms with Crippen molar-refractivity contribution in [3.8, 4) is 0 Å². The highest BCUT2D eigenvalue weighted by atomic mass is 35.5. The fourth-order valence-corrected chi connectivity index (χ4v) is 2.91. The molecule has 0 saturated carbocycles. The van der Waals surface area contributed by atoms with Crippen molar-refractivity contribution in [1.82, 2.24) is 19.9 Å². The van der Waals surface area contributed by atoms with Crippen LogP contribution in [-0.2, 0) is 12.1 Å². The summed E-state index contributed by atoms with van der Waals surface area (Å²) in [7, 11) is 0. The standard InChI is InChI=1S/C15H16ClN5O/c1-9-6-10(4-5-17-9)19-14-18-7-11-12(20-14)8-21(13(16)22)15(11,2)3/h4-7H,8H2,1-3H3,(H,17,18,19,20). The molecule has 1 N–H and O–H groups in total. The average Bonchev–Trinajstić information content (AvgIpc) is 2.70. The second-order valence-electron chi connectivity index (χ2n) is 5.76. The van der Waals surface area contributed by atoms with Crippen LogP contribution in [0.15, 0.2) is 24.5 Å². The Morgan fingerprint density at radius 1 is 1.41 bits per heavy atom. The Morgan fingerprint density at radius 3 is 2.86 bits per heavy atom. The Balaban J connectivity index is 1.90. The zero-order chi connectivity index (χ0) is 15.9. The van der Waals surface area contributed by atoms with Gasteiger partial charge >= 0.3 is 5.37 Å². The fourth-order valence-electron chi connectivity index (χ4n) is 2.64. The molecule has 6 nitrogen and oxygen atoms in total. The molecule has 0 atom stereocenters. The van der Waals surface area contributed by atoms with Gasteiger partial charge in [-0.15, -0.1) is 0 Å². The number of pyridine rings is 1. The molecule has 3 heterocycles. The third-order valence-corrected chi connectivity index (χ3v) is 4.08. The molecule has 0 aliphatic carbocycles. The first-order chi connectivity index (χ1) is 10.4. The highest BCUT2D eigenvalue weighted by Gasteiger charge is 2.41. The number of aromatic nitrogens is 3. The SMILES string of the molecule is Cc1cc(Nc2ncc3c(n2)CN(C(=O)Cl)C3(C)C)ccn1. The molecule has 0 aromatic carbocycles. The van der Waals surface area contributed by atoms with E-state index >= 15 is 0 Å². The second-order valence-corrected chi connectivity index (χ2v) is 6.09. The number of rotatable bonds is 2. The molecule has 1 aliphatic heterocycles. The second kappa shape index (κ2) is 5.21.